The van der Waals surface area contributed by atoms with E-state index >= 15 is 0 Å². The molecule has 1 spiro atoms. The van der Waals surface area contributed by atoms with Gasteiger partial charge in [0.05, 0.1) is 17.3 Å². The van der Waals surface area contributed by atoms with Crippen molar-refractivity contribution in [3.8, 4) is 0 Å². The number of aromatic nitrogens is 7. The maximum atomic E-state index is 12.8. The van der Waals surface area contributed by atoms with Crippen molar-refractivity contribution in [1.82, 2.24) is 40.5 Å². The van der Waals surface area contributed by atoms with Crippen LogP contribution in [0.15, 0.2) is 18.6 Å². The van der Waals surface area contributed by atoms with Crippen molar-refractivity contribution in [2.24, 2.45) is 0 Å². The highest BCUT2D eigenvalue weighted by Crippen LogP contribution is 2.45. The second kappa shape index (κ2) is 5.75. The zero-order valence-corrected chi connectivity index (χ0v) is 14.2. The summed E-state index contributed by atoms with van der Waals surface area (Å²) in [7, 11) is 0. The van der Waals surface area contributed by atoms with E-state index in [9.17, 15) is 4.79 Å². The number of carbonyl (C=O) groups is 1. The Morgan fingerprint density at radius 2 is 2.19 bits per heavy atom. The fourth-order valence-electron chi connectivity index (χ4n) is 3.92. The summed E-state index contributed by atoms with van der Waals surface area (Å²) in [6.45, 7) is 2.40. The van der Waals surface area contributed by atoms with E-state index in [1.165, 1.54) is 0 Å². The molecular formula is C16H19N9O. The van der Waals surface area contributed by atoms with E-state index in [4.69, 9.17) is 0 Å². The summed E-state index contributed by atoms with van der Waals surface area (Å²) in [5.74, 6) is 1.45. The number of nitrogens with zero attached hydrogens (tertiary/aromatic N) is 7. The molecule has 2 fully saturated rings. The van der Waals surface area contributed by atoms with Gasteiger partial charge >= 0.3 is 0 Å². The van der Waals surface area contributed by atoms with Crippen LogP contribution in [-0.2, 0) is 11.2 Å². The van der Waals surface area contributed by atoms with Gasteiger partial charge in [0.25, 0.3) is 0 Å². The van der Waals surface area contributed by atoms with Gasteiger partial charge in [-0.3, -0.25) is 4.79 Å². The zero-order chi connectivity index (χ0) is 17.6. The van der Waals surface area contributed by atoms with Crippen LogP contribution in [-0.4, -0.2) is 71.6 Å². The van der Waals surface area contributed by atoms with Crippen LogP contribution < -0.4 is 4.90 Å². The van der Waals surface area contributed by atoms with Crippen LogP contribution in [0.5, 0.6) is 0 Å². The van der Waals surface area contributed by atoms with Gasteiger partial charge in [-0.2, -0.15) is 5.21 Å². The van der Waals surface area contributed by atoms with E-state index in [2.05, 4.69) is 40.5 Å². The van der Waals surface area contributed by atoms with Crippen LogP contribution in [0.2, 0.25) is 0 Å². The van der Waals surface area contributed by atoms with Gasteiger partial charge in [-0.15, -0.1) is 10.2 Å². The Balaban J connectivity index is 1.40. The fraction of sp³-hybridized carbons (Fsp3) is 0.500. The molecule has 134 valence electrons. The molecule has 0 unspecified atom stereocenters. The Morgan fingerprint density at radius 1 is 1.27 bits per heavy atom. The zero-order valence-electron chi connectivity index (χ0n) is 14.2. The van der Waals surface area contributed by atoms with E-state index < -0.39 is 0 Å². The Kier molecular flexibility index (Phi) is 3.37. The molecule has 4 heterocycles. The topological polar surface area (TPSA) is 120 Å². The van der Waals surface area contributed by atoms with E-state index in [1.54, 1.807) is 6.33 Å². The van der Waals surface area contributed by atoms with Gasteiger partial charge in [0.1, 0.15) is 17.8 Å². The van der Waals surface area contributed by atoms with Crippen LogP contribution >= 0.6 is 0 Å². The van der Waals surface area contributed by atoms with Crippen molar-refractivity contribution < 1.29 is 4.79 Å². The number of hydrogen-bond donors (Lipinski definition) is 2. The molecule has 0 bridgehead atoms. The van der Waals surface area contributed by atoms with Gasteiger partial charge in [-0.05, 0) is 25.3 Å². The first-order valence-corrected chi connectivity index (χ1v) is 8.81. The van der Waals surface area contributed by atoms with Crippen LogP contribution in [0.1, 0.15) is 25.1 Å². The van der Waals surface area contributed by atoms with Gasteiger partial charge in [0.2, 0.25) is 5.91 Å². The number of nitrogens with one attached hydrogen (secondary N) is 2. The molecule has 1 amide bonds. The quantitative estimate of drug-likeness (QED) is 0.694. The molecule has 2 N–H and O–H groups in total. The molecule has 1 saturated heterocycles. The minimum atomic E-state index is -0.106. The smallest absolute Gasteiger partial charge is 0.230 e. The fourth-order valence-corrected chi connectivity index (χ4v) is 3.92. The number of amides is 1. The van der Waals surface area contributed by atoms with Crippen molar-refractivity contribution in [2.45, 2.75) is 31.2 Å². The average Bonchev–Trinajstić information content (AvgIpc) is 3.05. The number of aromatic amines is 2. The third kappa shape index (κ3) is 2.49. The molecule has 26 heavy (non-hydrogen) atoms. The lowest BCUT2D eigenvalue weighted by Crippen LogP contribution is -2.47. The summed E-state index contributed by atoms with van der Waals surface area (Å²) in [5, 5.41) is 14.8. The van der Waals surface area contributed by atoms with Crippen molar-refractivity contribution in [3.63, 3.8) is 0 Å². The number of tetrazole rings is 1. The summed E-state index contributed by atoms with van der Waals surface area (Å²) in [4.78, 5) is 29.1. The lowest BCUT2D eigenvalue weighted by molar-refractivity contribution is -0.133. The number of anilines is 1. The van der Waals surface area contributed by atoms with Crippen molar-refractivity contribution in [2.75, 3.05) is 24.5 Å². The van der Waals surface area contributed by atoms with Crippen molar-refractivity contribution >= 4 is 22.8 Å². The van der Waals surface area contributed by atoms with E-state index in [-0.39, 0.29) is 17.9 Å². The number of hydrogen-bond acceptors (Lipinski definition) is 7. The number of carbonyl (C=O) groups excluding carboxylic acids is 1. The first-order chi connectivity index (χ1) is 12.8. The summed E-state index contributed by atoms with van der Waals surface area (Å²) in [6, 6.07) is 2.01. The first-order valence-electron chi connectivity index (χ1n) is 8.81. The lowest BCUT2D eigenvalue weighted by atomic mass is 10.2. The Morgan fingerprint density at radius 3 is 3.00 bits per heavy atom. The highest BCUT2D eigenvalue weighted by molar-refractivity contribution is 5.87. The average molecular weight is 353 g/mol. The molecule has 1 aliphatic heterocycles. The molecular weight excluding hydrogens is 334 g/mol. The van der Waals surface area contributed by atoms with Crippen LogP contribution in [0.25, 0.3) is 11.0 Å². The standard InChI is InChI=1S/C16H19N9O/c26-13(8-12-20-22-23-21-12)25-7-1-6-24(9-16(25)3-4-16)15-11-2-5-17-14(11)18-10-19-15/h2,5,10H,1,3-4,6-9H2,(H,17,18,19)(H,20,21,22,23). The third-order valence-corrected chi connectivity index (χ3v) is 5.33. The van der Waals surface area contributed by atoms with Crippen LogP contribution in [0.3, 0.4) is 0 Å². The molecule has 0 atom stereocenters. The maximum Gasteiger partial charge on any atom is 0.230 e. The maximum absolute atomic E-state index is 12.8. The largest absolute Gasteiger partial charge is 0.354 e. The van der Waals surface area contributed by atoms with Gasteiger partial charge in [-0.1, -0.05) is 5.21 Å². The molecule has 0 aromatic carbocycles. The van der Waals surface area contributed by atoms with E-state index in [1.807, 2.05) is 17.2 Å². The summed E-state index contributed by atoms with van der Waals surface area (Å²) in [5.41, 5.74) is 0.736. The molecule has 2 aliphatic rings. The first kappa shape index (κ1) is 15.2. The molecule has 1 aliphatic carbocycles. The second-order valence-corrected chi connectivity index (χ2v) is 6.99. The highest BCUT2D eigenvalue weighted by atomic mass is 16.2. The minimum Gasteiger partial charge on any atom is -0.354 e. The number of H-pyrrole nitrogens is 2. The molecule has 5 rings (SSSR count). The predicted octanol–water partition coefficient (Wildman–Crippen LogP) is 0.285. The number of fused-ring (bicyclic) bond motifs is 1. The Hall–Kier alpha value is -3.04. The van der Waals surface area contributed by atoms with Gasteiger partial charge in [-0.25, -0.2) is 9.97 Å². The molecule has 10 nitrogen and oxygen atoms in total. The van der Waals surface area contributed by atoms with E-state index in [0.717, 1.165) is 55.7 Å². The predicted molar refractivity (Wildman–Crippen MR) is 92.3 cm³/mol. The third-order valence-electron chi connectivity index (χ3n) is 5.33. The lowest BCUT2D eigenvalue weighted by Gasteiger charge is -2.32. The minimum absolute atomic E-state index is 0.0697. The van der Waals surface area contributed by atoms with Crippen LogP contribution in [0, 0.1) is 0 Å². The van der Waals surface area contributed by atoms with Gasteiger partial charge in [0, 0.05) is 25.8 Å². The second-order valence-electron chi connectivity index (χ2n) is 6.99. The summed E-state index contributed by atoms with van der Waals surface area (Å²) in [6.07, 6.45) is 6.60. The monoisotopic (exact) mass is 353 g/mol. The summed E-state index contributed by atoms with van der Waals surface area (Å²) >= 11 is 0. The Labute approximate surface area is 149 Å². The molecule has 1 saturated carbocycles. The highest BCUT2D eigenvalue weighted by Gasteiger charge is 2.52. The summed E-state index contributed by atoms with van der Waals surface area (Å²) < 4.78 is 0. The van der Waals surface area contributed by atoms with Gasteiger partial charge in [0.15, 0.2) is 5.82 Å². The Bertz CT molecular complexity index is 930. The van der Waals surface area contributed by atoms with Crippen LogP contribution in [0.4, 0.5) is 5.82 Å². The molecule has 3 aromatic rings. The van der Waals surface area contributed by atoms with Crippen molar-refractivity contribution in [1.29, 1.82) is 0 Å². The molecule has 0 radical (unpaired) electrons. The normalized spacial score (nSPS) is 19.1. The number of rotatable bonds is 3. The molecule has 3 aromatic heterocycles. The SMILES string of the molecule is O=C(Cc1nn[nH]n1)N1CCCN(c2ncnc3[nH]ccc23)CC12CC2. The van der Waals surface area contributed by atoms with E-state index in [0.29, 0.717) is 5.82 Å². The van der Waals surface area contributed by atoms with Gasteiger partial charge < -0.3 is 14.8 Å². The van der Waals surface area contributed by atoms with Crippen molar-refractivity contribution in [3.05, 3.63) is 24.4 Å². The molecule has 10 heteroatoms.